The minimum Gasteiger partial charge on any atom is -0.481 e. The molecule has 0 aromatic heterocycles. The highest BCUT2D eigenvalue weighted by Gasteiger charge is 2.15. The first-order chi connectivity index (χ1) is 8.70. The van der Waals surface area contributed by atoms with Gasteiger partial charge in [-0.15, -0.1) is 0 Å². The Morgan fingerprint density at radius 1 is 1.26 bits per heavy atom. The molecular weight excluding hydrogens is 238 g/mol. The molecule has 0 aliphatic heterocycles. The molecule has 106 valence electrons. The van der Waals surface area contributed by atoms with Gasteiger partial charge in [0.1, 0.15) is 0 Å². The van der Waals surface area contributed by atoms with Crippen molar-refractivity contribution in [3.05, 3.63) is 35.4 Å². The molecule has 0 radical (unpaired) electrons. The maximum Gasteiger partial charge on any atom is 0.307 e. The summed E-state index contributed by atoms with van der Waals surface area (Å²) >= 11 is 0. The van der Waals surface area contributed by atoms with Gasteiger partial charge in [-0.2, -0.15) is 0 Å². The van der Waals surface area contributed by atoms with Crippen LogP contribution in [0.15, 0.2) is 24.3 Å². The number of carboxylic acids is 1. The lowest BCUT2D eigenvalue weighted by Crippen LogP contribution is -2.28. The molecule has 1 aromatic carbocycles. The van der Waals surface area contributed by atoms with E-state index in [1.165, 1.54) is 11.1 Å². The van der Waals surface area contributed by atoms with Gasteiger partial charge in [0.25, 0.3) is 0 Å². The van der Waals surface area contributed by atoms with Crippen molar-refractivity contribution < 1.29 is 9.90 Å². The Hall–Kier alpha value is -1.35. The summed E-state index contributed by atoms with van der Waals surface area (Å²) in [5.41, 5.74) is 2.70. The summed E-state index contributed by atoms with van der Waals surface area (Å²) in [5.74, 6) is -1.08. The van der Waals surface area contributed by atoms with Crippen molar-refractivity contribution in [2.75, 3.05) is 13.6 Å². The standard InChI is InChI=1S/C16H25NO2/c1-12(15(18)19)10-17(5)11-13-6-8-14(9-7-13)16(2,3)4/h6-9,12H,10-11H2,1-5H3,(H,18,19). The molecule has 0 heterocycles. The fraction of sp³-hybridized carbons (Fsp3) is 0.562. The minimum atomic E-state index is -0.741. The predicted octanol–water partition coefficient (Wildman–Crippen LogP) is 3.14. The van der Waals surface area contributed by atoms with Crippen LogP contribution in [-0.4, -0.2) is 29.6 Å². The van der Waals surface area contributed by atoms with Crippen molar-refractivity contribution >= 4 is 5.97 Å². The van der Waals surface area contributed by atoms with Gasteiger partial charge in [-0.25, -0.2) is 0 Å². The van der Waals surface area contributed by atoms with Gasteiger partial charge in [0.05, 0.1) is 5.92 Å². The summed E-state index contributed by atoms with van der Waals surface area (Å²) < 4.78 is 0. The van der Waals surface area contributed by atoms with Crippen LogP contribution >= 0.6 is 0 Å². The molecule has 3 heteroatoms. The first-order valence-corrected chi connectivity index (χ1v) is 6.71. The van der Waals surface area contributed by atoms with Crippen LogP contribution in [0.4, 0.5) is 0 Å². The molecule has 19 heavy (non-hydrogen) atoms. The molecule has 1 N–H and O–H groups in total. The van der Waals surface area contributed by atoms with Gasteiger partial charge >= 0.3 is 5.97 Å². The number of nitrogens with zero attached hydrogens (tertiary/aromatic N) is 1. The van der Waals surface area contributed by atoms with E-state index in [2.05, 4.69) is 45.0 Å². The summed E-state index contributed by atoms with van der Waals surface area (Å²) in [6.45, 7) is 9.67. The number of aliphatic carboxylic acids is 1. The van der Waals surface area contributed by atoms with E-state index in [9.17, 15) is 4.79 Å². The molecule has 1 aromatic rings. The Labute approximate surface area is 116 Å². The zero-order chi connectivity index (χ0) is 14.6. The molecule has 0 saturated heterocycles. The topological polar surface area (TPSA) is 40.5 Å². The third kappa shape index (κ3) is 5.03. The largest absolute Gasteiger partial charge is 0.481 e. The number of rotatable bonds is 5. The fourth-order valence-electron chi connectivity index (χ4n) is 2.03. The maximum atomic E-state index is 10.8. The Balaban J connectivity index is 2.61. The quantitative estimate of drug-likeness (QED) is 0.887. The number of benzene rings is 1. The van der Waals surface area contributed by atoms with Crippen LogP contribution in [0.3, 0.4) is 0 Å². The van der Waals surface area contributed by atoms with Crippen molar-refractivity contribution in [1.82, 2.24) is 4.90 Å². The highest BCUT2D eigenvalue weighted by molar-refractivity contribution is 5.69. The van der Waals surface area contributed by atoms with Crippen LogP contribution in [0, 0.1) is 5.92 Å². The molecule has 0 bridgehead atoms. The maximum absolute atomic E-state index is 10.8. The fourth-order valence-corrected chi connectivity index (χ4v) is 2.03. The zero-order valence-electron chi connectivity index (χ0n) is 12.6. The lowest BCUT2D eigenvalue weighted by Gasteiger charge is -2.21. The molecule has 1 atom stereocenters. The van der Waals surface area contributed by atoms with Gasteiger partial charge in [0.15, 0.2) is 0 Å². The highest BCUT2D eigenvalue weighted by Crippen LogP contribution is 2.22. The smallest absolute Gasteiger partial charge is 0.307 e. The zero-order valence-corrected chi connectivity index (χ0v) is 12.6. The molecule has 1 rings (SSSR count). The normalized spacial score (nSPS) is 13.6. The molecule has 0 fully saturated rings. The first-order valence-electron chi connectivity index (χ1n) is 6.71. The number of carbonyl (C=O) groups is 1. The van der Waals surface area contributed by atoms with Crippen LogP contribution in [0.5, 0.6) is 0 Å². The minimum absolute atomic E-state index is 0.169. The molecule has 0 saturated carbocycles. The second-order valence-corrected chi connectivity index (χ2v) is 6.38. The summed E-state index contributed by atoms with van der Waals surface area (Å²) in [4.78, 5) is 12.9. The van der Waals surface area contributed by atoms with Crippen LogP contribution in [0.1, 0.15) is 38.8 Å². The first kappa shape index (κ1) is 15.7. The van der Waals surface area contributed by atoms with Gasteiger partial charge < -0.3 is 10.0 Å². The van der Waals surface area contributed by atoms with Crippen LogP contribution in [0.25, 0.3) is 0 Å². The van der Waals surface area contributed by atoms with Gasteiger partial charge in [-0.1, -0.05) is 52.0 Å². The molecule has 0 spiro atoms. The molecule has 0 aliphatic rings. The Morgan fingerprint density at radius 3 is 2.21 bits per heavy atom. The average Bonchev–Trinajstić information content (AvgIpc) is 2.28. The Bertz CT molecular complexity index is 417. The monoisotopic (exact) mass is 263 g/mol. The van der Waals surface area contributed by atoms with E-state index in [1.807, 2.05) is 11.9 Å². The van der Waals surface area contributed by atoms with Gasteiger partial charge in [0, 0.05) is 13.1 Å². The lowest BCUT2D eigenvalue weighted by molar-refractivity contribution is -0.141. The van der Waals surface area contributed by atoms with Gasteiger partial charge in [0.2, 0.25) is 0 Å². The van der Waals surface area contributed by atoms with E-state index in [4.69, 9.17) is 5.11 Å². The summed E-state index contributed by atoms with van der Waals surface area (Å²) in [6, 6.07) is 8.57. The third-order valence-electron chi connectivity index (χ3n) is 3.28. The van der Waals surface area contributed by atoms with E-state index in [-0.39, 0.29) is 11.3 Å². The van der Waals surface area contributed by atoms with Crippen molar-refractivity contribution in [2.24, 2.45) is 5.92 Å². The van der Waals surface area contributed by atoms with Gasteiger partial charge in [-0.05, 0) is 23.6 Å². The third-order valence-corrected chi connectivity index (χ3v) is 3.28. The second-order valence-electron chi connectivity index (χ2n) is 6.38. The van der Waals surface area contributed by atoms with E-state index >= 15 is 0 Å². The summed E-state index contributed by atoms with van der Waals surface area (Å²) in [7, 11) is 1.96. The van der Waals surface area contributed by atoms with Gasteiger partial charge in [-0.3, -0.25) is 4.79 Å². The highest BCUT2D eigenvalue weighted by atomic mass is 16.4. The molecule has 3 nitrogen and oxygen atoms in total. The second kappa shape index (κ2) is 6.20. The predicted molar refractivity (Wildman–Crippen MR) is 78.3 cm³/mol. The molecule has 1 unspecified atom stereocenters. The lowest BCUT2D eigenvalue weighted by atomic mass is 9.87. The Morgan fingerprint density at radius 2 is 1.79 bits per heavy atom. The van der Waals surface area contributed by atoms with Crippen molar-refractivity contribution in [3.8, 4) is 0 Å². The van der Waals surface area contributed by atoms with Crippen LogP contribution < -0.4 is 0 Å². The van der Waals surface area contributed by atoms with Crippen molar-refractivity contribution in [3.63, 3.8) is 0 Å². The van der Waals surface area contributed by atoms with E-state index < -0.39 is 5.97 Å². The Kier molecular flexibility index (Phi) is 5.12. The average molecular weight is 263 g/mol. The van der Waals surface area contributed by atoms with E-state index in [0.717, 1.165) is 6.54 Å². The summed E-state index contributed by atoms with van der Waals surface area (Å²) in [6.07, 6.45) is 0. The SMILES string of the molecule is CC(CN(C)Cc1ccc(C(C)(C)C)cc1)C(=O)O. The number of carboxylic acid groups (broad SMARTS) is 1. The number of hydrogen-bond acceptors (Lipinski definition) is 2. The van der Waals surface area contributed by atoms with Crippen molar-refractivity contribution in [1.29, 1.82) is 0 Å². The van der Waals surface area contributed by atoms with Crippen LogP contribution in [-0.2, 0) is 16.8 Å². The molecular formula is C16H25NO2. The molecule has 0 aliphatic carbocycles. The van der Waals surface area contributed by atoms with E-state index in [1.54, 1.807) is 6.92 Å². The van der Waals surface area contributed by atoms with E-state index in [0.29, 0.717) is 6.54 Å². The number of hydrogen-bond donors (Lipinski definition) is 1. The van der Waals surface area contributed by atoms with Crippen molar-refractivity contribution in [2.45, 2.75) is 39.7 Å². The van der Waals surface area contributed by atoms with Crippen LogP contribution in [0.2, 0.25) is 0 Å². The summed E-state index contributed by atoms with van der Waals surface area (Å²) in [5, 5.41) is 8.90. The molecule has 0 amide bonds.